The molecule has 2 rings (SSSR count). The first-order chi connectivity index (χ1) is 9.50. The minimum absolute atomic E-state index is 0.262. The van der Waals surface area contributed by atoms with E-state index in [0.717, 1.165) is 21.7 Å². The first-order valence-electron chi connectivity index (χ1n) is 6.48. The molecule has 1 heterocycles. The Morgan fingerprint density at radius 2 is 1.95 bits per heavy atom. The number of benzene rings is 1. The van der Waals surface area contributed by atoms with Gasteiger partial charge in [0.2, 0.25) is 10.0 Å². The Morgan fingerprint density at radius 3 is 2.60 bits per heavy atom. The number of nitrogens with zero attached hydrogens (tertiary/aromatic N) is 1. The maximum Gasteiger partial charge on any atom is 0.322 e. The zero-order valence-corrected chi connectivity index (χ0v) is 11.8. The van der Waals surface area contributed by atoms with Gasteiger partial charge in [-0.05, 0) is 30.9 Å². The van der Waals surface area contributed by atoms with E-state index in [1.807, 2.05) is 18.2 Å². The van der Waals surface area contributed by atoms with Crippen molar-refractivity contribution >= 4 is 22.1 Å². The molecule has 0 bridgehead atoms. The fraction of sp³-hybridized carbons (Fsp3) is 0.357. The molecule has 0 amide bonds. The largest absolute Gasteiger partial charge is 0.480 e. The van der Waals surface area contributed by atoms with Gasteiger partial charge in [0.25, 0.3) is 0 Å². The predicted molar refractivity (Wildman–Crippen MR) is 76.4 cm³/mol. The number of carboxylic acids is 1. The third-order valence-corrected chi connectivity index (χ3v) is 4.87. The standard InChI is InChI=1S/C14H17NO4S/c16-14(17)13-8-4-5-10-15(13)20(18,19)11-9-12-6-2-1-3-7-12/h1-3,6-7,9,11,13H,4-5,8,10H2,(H,16,17)/t13-/m1/s1. The second kappa shape index (κ2) is 6.19. The van der Waals surface area contributed by atoms with E-state index < -0.39 is 22.0 Å². The van der Waals surface area contributed by atoms with Crippen molar-refractivity contribution in [2.75, 3.05) is 6.54 Å². The second-order valence-corrected chi connectivity index (χ2v) is 6.49. The van der Waals surface area contributed by atoms with Crippen LogP contribution in [0.15, 0.2) is 35.7 Å². The summed E-state index contributed by atoms with van der Waals surface area (Å²) in [6, 6.07) is 8.10. The van der Waals surface area contributed by atoms with E-state index in [9.17, 15) is 13.2 Å². The topological polar surface area (TPSA) is 74.7 Å². The number of carbonyl (C=O) groups is 1. The van der Waals surface area contributed by atoms with Crippen LogP contribution in [-0.4, -0.2) is 36.4 Å². The number of rotatable bonds is 4. The van der Waals surface area contributed by atoms with Gasteiger partial charge in [-0.25, -0.2) is 8.42 Å². The van der Waals surface area contributed by atoms with Crippen molar-refractivity contribution in [3.05, 3.63) is 41.3 Å². The van der Waals surface area contributed by atoms with E-state index in [-0.39, 0.29) is 6.54 Å². The maximum atomic E-state index is 12.2. The molecule has 1 atom stereocenters. The molecule has 5 nitrogen and oxygen atoms in total. The Morgan fingerprint density at radius 1 is 1.25 bits per heavy atom. The first-order valence-corrected chi connectivity index (χ1v) is 7.99. The molecule has 0 spiro atoms. The molecule has 0 radical (unpaired) electrons. The number of carboxylic acid groups (broad SMARTS) is 1. The summed E-state index contributed by atoms with van der Waals surface area (Å²) in [6.45, 7) is 0.262. The minimum Gasteiger partial charge on any atom is -0.480 e. The van der Waals surface area contributed by atoms with Crippen LogP contribution in [0, 0.1) is 0 Å². The summed E-state index contributed by atoms with van der Waals surface area (Å²) in [5.41, 5.74) is 0.764. The van der Waals surface area contributed by atoms with Gasteiger partial charge in [0, 0.05) is 12.0 Å². The van der Waals surface area contributed by atoms with Crippen molar-refractivity contribution in [2.45, 2.75) is 25.3 Å². The van der Waals surface area contributed by atoms with Crippen LogP contribution in [0.5, 0.6) is 0 Å². The zero-order chi connectivity index (χ0) is 14.6. The number of hydrogen-bond acceptors (Lipinski definition) is 3. The van der Waals surface area contributed by atoms with E-state index in [2.05, 4.69) is 0 Å². The zero-order valence-electron chi connectivity index (χ0n) is 11.0. The fourth-order valence-corrected chi connectivity index (χ4v) is 3.68. The number of piperidine rings is 1. The molecule has 1 fully saturated rings. The Hall–Kier alpha value is -1.66. The molecular formula is C14H17NO4S. The van der Waals surface area contributed by atoms with Crippen LogP contribution in [0.1, 0.15) is 24.8 Å². The summed E-state index contributed by atoms with van der Waals surface area (Å²) in [5.74, 6) is -1.08. The third kappa shape index (κ3) is 3.46. The van der Waals surface area contributed by atoms with E-state index in [1.165, 1.54) is 6.08 Å². The lowest BCUT2D eigenvalue weighted by atomic mass is 10.1. The summed E-state index contributed by atoms with van der Waals surface area (Å²) in [4.78, 5) is 11.2. The molecule has 1 aliphatic heterocycles. The van der Waals surface area contributed by atoms with E-state index in [1.54, 1.807) is 12.1 Å². The molecule has 0 aliphatic carbocycles. The van der Waals surface area contributed by atoms with E-state index >= 15 is 0 Å². The predicted octanol–water partition coefficient (Wildman–Crippen LogP) is 1.93. The molecule has 6 heteroatoms. The van der Waals surface area contributed by atoms with Crippen LogP contribution in [0.3, 0.4) is 0 Å². The summed E-state index contributed by atoms with van der Waals surface area (Å²) < 4.78 is 25.6. The molecule has 108 valence electrons. The van der Waals surface area contributed by atoms with Crippen molar-refractivity contribution in [2.24, 2.45) is 0 Å². The minimum atomic E-state index is -3.70. The van der Waals surface area contributed by atoms with Gasteiger partial charge < -0.3 is 5.11 Å². The van der Waals surface area contributed by atoms with Gasteiger partial charge in [-0.2, -0.15) is 4.31 Å². The SMILES string of the molecule is O=C(O)[C@H]1CCCCN1S(=O)(=O)C=Cc1ccccc1. The lowest BCUT2D eigenvalue weighted by Gasteiger charge is -2.30. The van der Waals surface area contributed by atoms with Crippen molar-refractivity contribution in [1.82, 2.24) is 4.31 Å². The monoisotopic (exact) mass is 295 g/mol. The average Bonchev–Trinajstić information content (AvgIpc) is 2.46. The van der Waals surface area contributed by atoms with E-state index in [0.29, 0.717) is 12.8 Å². The molecule has 1 N–H and O–H groups in total. The van der Waals surface area contributed by atoms with E-state index in [4.69, 9.17) is 5.11 Å². The van der Waals surface area contributed by atoms with Crippen LogP contribution in [0.4, 0.5) is 0 Å². The summed E-state index contributed by atoms with van der Waals surface area (Å²) in [7, 11) is -3.70. The van der Waals surface area contributed by atoms with Crippen molar-refractivity contribution in [3.8, 4) is 0 Å². The lowest BCUT2D eigenvalue weighted by Crippen LogP contribution is -2.47. The molecule has 1 aromatic carbocycles. The highest BCUT2D eigenvalue weighted by Crippen LogP contribution is 2.22. The highest BCUT2D eigenvalue weighted by atomic mass is 32.2. The molecule has 0 unspecified atom stereocenters. The molecule has 1 aromatic rings. The average molecular weight is 295 g/mol. The molecule has 0 saturated carbocycles. The Kier molecular flexibility index (Phi) is 4.57. The third-order valence-electron chi connectivity index (χ3n) is 3.30. The highest BCUT2D eigenvalue weighted by molar-refractivity contribution is 7.92. The molecule has 1 saturated heterocycles. The van der Waals surface area contributed by atoms with Crippen LogP contribution in [0.25, 0.3) is 6.08 Å². The second-order valence-electron chi connectivity index (χ2n) is 4.72. The summed E-state index contributed by atoms with van der Waals surface area (Å²) in [6.07, 6.45) is 3.30. The fourth-order valence-electron chi connectivity index (χ4n) is 2.26. The summed E-state index contributed by atoms with van der Waals surface area (Å²) >= 11 is 0. The molecule has 20 heavy (non-hydrogen) atoms. The van der Waals surface area contributed by atoms with Crippen molar-refractivity contribution < 1.29 is 18.3 Å². The first kappa shape index (κ1) is 14.7. The summed E-state index contributed by atoms with van der Waals surface area (Å²) in [5, 5.41) is 10.2. The quantitative estimate of drug-likeness (QED) is 0.921. The maximum absolute atomic E-state index is 12.2. The highest BCUT2D eigenvalue weighted by Gasteiger charge is 2.35. The normalized spacial score (nSPS) is 21.1. The smallest absolute Gasteiger partial charge is 0.322 e. The Labute approximate surface area is 118 Å². The van der Waals surface area contributed by atoms with Crippen molar-refractivity contribution in [3.63, 3.8) is 0 Å². The van der Waals surface area contributed by atoms with Gasteiger partial charge in [0.15, 0.2) is 0 Å². The molecule has 0 aromatic heterocycles. The van der Waals surface area contributed by atoms with Crippen LogP contribution in [-0.2, 0) is 14.8 Å². The van der Waals surface area contributed by atoms with Gasteiger partial charge in [-0.3, -0.25) is 4.79 Å². The van der Waals surface area contributed by atoms with Gasteiger partial charge in [-0.15, -0.1) is 0 Å². The molecule has 1 aliphatic rings. The van der Waals surface area contributed by atoms with Gasteiger partial charge in [0.05, 0.1) is 0 Å². The Bertz CT molecular complexity index is 595. The van der Waals surface area contributed by atoms with Gasteiger partial charge >= 0.3 is 5.97 Å². The molecular weight excluding hydrogens is 278 g/mol. The Balaban J connectivity index is 2.20. The lowest BCUT2D eigenvalue weighted by molar-refractivity contribution is -0.142. The number of sulfonamides is 1. The van der Waals surface area contributed by atoms with Crippen LogP contribution < -0.4 is 0 Å². The van der Waals surface area contributed by atoms with Crippen LogP contribution >= 0.6 is 0 Å². The van der Waals surface area contributed by atoms with Gasteiger partial charge in [-0.1, -0.05) is 30.3 Å². The van der Waals surface area contributed by atoms with Crippen molar-refractivity contribution in [1.29, 1.82) is 0 Å². The van der Waals surface area contributed by atoms with Gasteiger partial charge in [0.1, 0.15) is 6.04 Å². The number of hydrogen-bond donors (Lipinski definition) is 1. The number of aliphatic carboxylic acids is 1. The van der Waals surface area contributed by atoms with Crippen LogP contribution in [0.2, 0.25) is 0 Å².